The zero-order valence-corrected chi connectivity index (χ0v) is 11.7. The number of para-hydroxylation sites is 1. The van der Waals surface area contributed by atoms with Gasteiger partial charge in [0.15, 0.2) is 0 Å². The van der Waals surface area contributed by atoms with Crippen molar-refractivity contribution >= 4 is 16.9 Å². The summed E-state index contributed by atoms with van der Waals surface area (Å²) in [4.78, 5) is 11.8. The summed E-state index contributed by atoms with van der Waals surface area (Å²) < 4.78 is 71.5. The van der Waals surface area contributed by atoms with E-state index in [1.807, 2.05) is 0 Å². The van der Waals surface area contributed by atoms with Gasteiger partial charge in [0.2, 0.25) is 34.8 Å². The molecule has 0 amide bonds. The molecule has 0 N–H and O–H groups in total. The molecule has 3 rings (SSSR count). The molecule has 0 radical (unpaired) electrons. The van der Waals surface area contributed by atoms with Crippen molar-refractivity contribution in [3.8, 4) is 5.75 Å². The maximum atomic E-state index is 13.5. The number of ether oxygens (including phenoxy) is 1. The van der Waals surface area contributed by atoms with E-state index < -0.39 is 47.3 Å². The van der Waals surface area contributed by atoms with Gasteiger partial charge in [-0.1, -0.05) is 18.2 Å². The third-order valence-corrected chi connectivity index (χ3v) is 3.22. The number of carbonyl (C=O) groups excluding carboxylic acids is 1. The largest absolute Gasteiger partial charge is 0.419 e. The third kappa shape index (κ3) is 2.57. The first-order valence-electron chi connectivity index (χ1n) is 6.52. The Balaban J connectivity index is 1.88. The monoisotopic (exact) mass is 342 g/mol. The van der Waals surface area contributed by atoms with E-state index in [9.17, 15) is 26.7 Å². The Bertz CT molecular complexity index is 925. The van der Waals surface area contributed by atoms with Crippen molar-refractivity contribution < 1.29 is 31.5 Å². The summed E-state index contributed by atoms with van der Waals surface area (Å²) in [7, 11) is 0. The molecule has 0 aliphatic heterocycles. The van der Waals surface area contributed by atoms with Crippen LogP contribution in [0.1, 0.15) is 0 Å². The van der Waals surface area contributed by atoms with Gasteiger partial charge in [-0.3, -0.25) is 4.68 Å². The SMILES string of the molecule is O=C(Cn1ncc2ccccc21)Oc1c(F)c(F)c(F)c(F)c1F. The molecule has 0 saturated heterocycles. The molecule has 24 heavy (non-hydrogen) atoms. The fourth-order valence-corrected chi connectivity index (χ4v) is 2.09. The number of halogens is 5. The molecule has 0 spiro atoms. The summed E-state index contributed by atoms with van der Waals surface area (Å²) in [6.07, 6.45) is 1.45. The lowest BCUT2D eigenvalue weighted by Crippen LogP contribution is -2.19. The van der Waals surface area contributed by atoms with E-state index in [1.54, 1.807) is 24.3 Å². The number of benzene rings is 2. The van der Waals surface area contributed by atoms with Crippen molar-refractivity contribution in [3.63, 3.8) is 0 Å². The fraction of sp³-hybridized carbons (Fsp3) is 0.0667. The van der Waals surface area contributed by atoms with Gasteiger partial charge >= 0.3 is 5.97 Å². The summed E-state index contributed by atoms with van der Waals surface area (Å²) in [5.41, 5.74) is 0.534. The number of esters is 1. The molecule has 124 valence electrons. The van der Waals surface area contributed by atoms with Gasteiger partial charge in [0.1, 0.15) is 6.54 Å². The summed E-state index contributed by atoms with van der Waals surface area (Å²) in [6, 6.07) is 6.76. The minimum atomic E-state index is -2.33. The first kappa shape index (κ1) is 15.9. The maximum Gasteiger partial charge on any atom is 0.333 e. The van der Waals surface area contributed by atoms with Crippen molar-refractivity contribution in [1.29, 1.82) is 0 Å². The average Bonchev–Trinajstić information content (AvgIpc) is 2.98. The molecule has 4 nitrogen and oxygen atoms in total. The molecule has 3 aromatic rings. The summed E-state index contributed by atoms with van der Waals surface area (Å²) >= 11 is 0. The van der Waals surface area contributed by atoms with Crippen LogP contribution in [-0.4, -0.2) is 15.7 Å². The molecule has 0 unspecified atom stereocenters. The van der Waals surface area contributed by atoms with E-state index >= 15 is 0 Å². The molecule has 1 aromatic heterocycles. The Kier molecular flexibility index (Phi) is 3.92. The van der Waals surface area contributed by atoms with Crippen LogP contribution in [0.2, 0.25) is 0 Å². The molecule has 0 fully saturated rings. The molecule has 0 aliphatic rings. The van der Waals surface area contributed by atoms with Crippen molar-refractivity contribution in [3.05, 3.63) is 59.5 Å². The van der Waals surface area contributed by atoms with Gasteiger partial charge in [-0.25, -0.2) is 18.0 Å². The van der Waals surface area contributed by atoms with E-state index in [-0.39, 0.29) is 0 Å². The number of rotatable bonds is 3. The minimum absolute atomic E-state index is 0.534. The molecular formula is C15H7F5N2O2. The van der Waals surface area contributed by atoms with Crippen LogP contribution in [0.4, 0.5) is 22.0 Å². The van der Waals surface area contributed by atoms with E-state index in [0.717, 1.165) is 0 Å². The standard InChI is InChI=1S/C15H7F5N2O2/c16-10-11(17)13(19)15(14(20)12(10)18)24-9(23)6-22-8-4-2-1-3-7(8)5-21-22/h1-5H,6H2. The predicted octanol–water partition coefficient (Wildman–Crippen LogP) is 3.34. The highest BCUT2D eigenvalue weighted by molar-refractivity contribution is 5.80. The number of hydrogen-bond donors (Lipinski definition) is 0. The van der Waals surface area contributed by atoms with Crippen LogP contribution in [-0.2, 0) is 11.3 Å². The zero-order valence-electron chi connectivity index (χ0n) is 11.7. The van der Waals surface area contributed by atoms with Gasteiger partial charge in [-0.15, -0.1) is 0 Å². The van der Waals surface area contributed by atoms with E-state index in [4.69, 9.17) is 0 Å². The second kappa shape index (κ2) is 5.91. The second-order valence-electron chi connectivity index (χ2n) is 4.73. The molecule has 1 heterocycles. The van der Waals surface area contributed by atoms with Crippen LogP contribution >= 0.6 is 0 Å². The van der Waals surface area contributed by atoms with Crippen LogP contribution in [0.5, 0.6) is 5.75 Å². The van der Waals surface area contributed by atoms with Gasteiger partial charge < -0.3 is 4.74 Å². The summed E-state index contributed by atoms with van der Waals surface area (Å²) in [5, 5.41) is 4.59. The number of nitrogens with zero attached hydrogens (tertiary/aromatic N) is 2. The van der Waals surface area contributed by atoms with Crippen LogP contribution in [0, 0.1) is 29.1 Å². The summed E-state index contributed by atoms with van der Waals surface area (Å²) in [6.45, 7) is -0.576. The van der Waals surface area contributed by atoms with Crippen molar-refractivity contribution in [2.75, 3.05) is 0 Å². The van der Waals surface area contributed by atoms with Gasteiger partial charge in [-0.05, 0) is 6.07 Å². The van der Waals surface area contributed by atoms with Gasteiger partial charge in [0.25, 0.3) is 0 Å². The molecule has 0 aliphatic carbocycles. The molecule has 9 heteroatoms. The fourth-order valence-electron chi connectivity index (χ4n) is 2.09. The third-order valence-electron chi connectivity index (χ3n) is 3.22. The van der Waals surface area contributed by atoms with Crippen LogP contribution in [0.25, 0.3) is 10.9 Å². The summed E-state index contributed by atoms with van der Waals surface area (Å²) in [5.74, 6) is -14.0. The highest BCUT2D eigenvalue weighted by Crippen LogP contribution is 2.29. The lowest BCUT2D eigenvalue weighted by atomic mass is 10.2. The zero-order chi connectivity index (χ0) is 17.4. The molecular weight excluding hydrogens is 335 g/mol. The molecule has 2 aromatic carbocycles. The van der Waals surface area contributed by atoms with Crippen LogP contribution < -0.4 is 4.74 Å². The topological polar surface area (TPSA) is 44.1 Å². The molecule has 0 bridgehead atoms. The number of aromatic nitrogens is 2. The Morgan fingerprint density at radius 3 is 2.21 bits per heavy atom. The number of hydrogen-bond acceptors (Lipinski definition) is 3. The van der Waals surface area contributed by atoms with E-state index in [0.29, 0.717) is 10.9 Å². The number of carbonyl (C=O) groups is 1. The Morgan fingerprint density at radius 1 is 0.958 bits per heavy atom. The average molecular weight is 342 g/mol. The molecule has 0 saturated carbocycles. The highest BCUT2D eigenvalue weighted by atomic mass is 19.2. The first-order valence-corrected chi connectivity index (χ1v) is 6.52. The Morgan fingerprint density at radius 2 is 1.54 bits per heavy atom. The van der Waals surface area contributed by atoms with Gasteiger partial charge in [0.05, 0.1) is 11.7 Å². The van der Waals surface area contributed by atoms with Crippen LogP contribution in [0.3, 0.4) is 0 Å². The Labute approximate surface area is 131 Å². The number of fused-ring (bicyclic) bond motifs is 1. The quantitative estimate of drug-likeness (QED) is 0.241. The predicted molar refractivity (Wildman–Crippen MR) is 71.6 cm³/mol. The van der Waals surface area contributed by atoms with Gasteiger partial charge in [0, 0.05) is 5.39 Å². The Hall–Kier alpha value is -2.97. The maximum absolute atomic E-state index is 13.5. The lowest BCUT2D eigenvalue weighted by Gasteiger charge is -2.09. The minimum Gasteiger partial charge on any atom is -0.419 e. The highest BCUT2D eigenvalue weighted by Gasteiger charge is 2.28. The lowest BCUT2D eigenvalue weighted by molar-refractivity contribution is -0.135. The normalized spacial score (nSPS) is 11.0. The van der Waals surface area contributed by atoms with Crippen molar-refractivity contribution in [1.82, 2.24) is 9.78 Å². The first-order chi connectivity index (χ1) is 11.4. The van der Waals surface area contributed by atoms with Crippen molar-refractivity contribution in [2.24, 2.45) is 0 Å². The second-order valence-corrected chi connectivity index (χ2v) is 4.73. The van der Waals surface area contributed by atoms with E-state index in [2.05, 4.69) is 9.84 Å². The smallest absolute Gasteiger partial charge is 0.333 e. The van der Waals surface area contributed by atoms with E-state index in [1.165, 1.54) is 10.9 Å². The van der Waals surface area contributed by atoms with Gasteiger partial charge in [-0.2, -0.15) is 13.9 Å². The van der Waals surface area contributed by atoms with Crippen LogP contribution in [0.15, 0.2) is 30.5 Å². The molecule has 0 atom stereocenters. The van der Waals surface area contributed by atoms with Crippen molar-refractivity contribution in [2.45, 2.75) is 6.54 Å².